The fourth-order valence-electron chi connectivity index (χ4n) is 2.67. The van der Waals surface area contributed by atoms with E-state index in [1.807, 2.05) is 45.0 Å². The Kier molecular flexibility index (Phi) is 6.71. The van der Waals surface area contributed by atoms with E-state index in [1.54, 1.807) is 4.90 Å². The fraction of sp³-hybridized carbons (Fsp3) is 0.579. The predicted octanol–water partition coefficient (Wildman–Crippen LogP) is 2.72. The Morgan fingerprint density at radius 3 is 2.23 bits per heavy atom. The van der Waals surface area contributed by atoms with Crippen molar-refractivity contribution in [3.05, 3.63) is 24.3 Å². The third-order valence-electron chi connectivity index (χ3n) is 4.05. The third kappa shape index (κ3) is 6.13. The van der Waals surface area contributed by atoms with Gasteiger partial charge in [-0.3, -0.25) is 4.79 Å². The highest BCUT2D eigenvalue weighted by molar-refractivity contribution is 5.70. The molecule has 1 N–H and O–H groups in total. The molecule has 0 aromatic heterocycles. The SMILES string of the molecule is COC(=O)CCNc1ccc(N2CCN(C(=O)OC(C)(C)C)CC2)cc1. The molecule has 1 aromatic carbocycles. The van der Waals surface area contributed by atoms with Crippen molar-refractivity contribution < 1.29 is 19.1 Å². The molecule has 1 heterocycles. The number of amides is 1. The van der Waals surface area contributed by atoms with Crippen LogP contribution in [0.2, 0.25) is 0 Å². The first-order chi connectivity index (χ1) is 12.3. The summed E-state index contributed by atoms with van der Waals surface area (Å²) in [5.41, 5.74) is 1.61. The zero-order valence-electron chi connectivity index (χ0n) is 16.1. The Balaban J connectivity index is 1.80. The molecule has 1 fully saturated rings. The number of piperazine rings is 1. The zero-order valence-corrected chi connectivity index (χ0v) is 16.1. The largest absolute Gasteiger partial charge is 0.469 e. The van der Waals surface area contributed by atoms with Crippen LogP contribution in [-0.4, -0.2) is 62.4 Å². The van der Waals surface area contributed by atoms with Crippen molar-refractivity contribution in [2.24, 2.45) is 0 Å². The maximum atomic E-state index is 12.1. The molecule has 1 aliphatic rings. The lowest BCUT2D eigenvalue weighted by Gasteiger charge is -2.36. The highest BCUT2D eigenvalue weighted by Gasteiger charge is 2.25. The topological polar surface area (TPSA) is 71.1 Å². The maximum Gasteiger partial charge on any atom is 0.410 e. The zero-order chi connectivity index (χ0) is 19.2. The monoisotopic (exact) mass is 363 g/mol. The number of anilines is 2. The van der Waals surface area contributed by atoms with Gasteiger partial charge >= 0.3 is 12.1 Å². The molecule has 1 saturated heterocycles. The predicted molar refractivity (Wildman–Crippen MR) is 102 cm³/mol. The van der Waals surface area contributed by atoms with Crippen LogP contribution >= 0.6 is 0 Å². The van der Waals surface area contributed by atoms with Crippen LogP contribution < -0.4 is 10.2 Å². The van der Waals surface area contributed by atoms with Crippen molar-refractivity contribution in [2.45, 2.75) is 32.8 Å². The van der Waals surface area contributed by atoms with Crippen LogP contribution in [0.1, 0.15) is 27.2 Å². The van der Waals surface area contributed by atoms with Gasteiger partial charge in [0.15, 0.2) is 0 Å². The molecule has 1 aliphatic heterocycles. The molecule has 144 valence electrons. The molecule has 7 heteroatoms. The van der Waals surface area contributed by atoms with Gasteiger partial charge in [0.25, 0.3) is 0 Å². The number of carbonyl (C=O) groups excluding carboxylic acids is 2. The van der Waals surface area contributed by atoms with Gasteiger partial charge in [0.2, 0.25) is 0 Å². The second kappa shape index (κ2) is 8.78. The molecule has 2 rings (SSSR count). The summed E-state index contributed by atoms with van der Waals surface area (Å²) in [6.07, 6.45) is 0.0903. The van der Waals surface area contributed by atoms with Gasteiger partial charge in [-0.05, 0) is 45.0 Å². The Bertz CT molecular complexity index is 602. The molecule has 0 radical (unpaired) electrons. The average Bonchev–Trinajstić information content (AvgIpc) is 2.61. The molecule has 0 atom stereocenters. The van der Waals surface area contributed by atoms with E-state index >= 15 is 0 Å². The summed E-state index contributed by atoms with van der Waals surface area (Å²) in [6, 6.07) is 8.08. The molecular formula is C19H29N3O4. The Labute approximate surface area is 155 Å². The summed E-state index contributed by atoms with van der Waals surface area (Å²) in [7, 11) is 1.39. The minimum absolute atomic E-state index is 0.225. The number of esters is 1. The molecule has 1 amide bonds. The van der Waals surface area contributed by atoms with Crippen molar-refractivity contribution in [3.8, 4) is 0 Å². The summed E-state index contributed by atoms with van der Waals surface area (Å²) in [5.74, 6) is -0.225. The van der Waals surface area contributed by atoms with E-state index in [-0.39, 0.29) is 12.1 Å². The van der Waals surface area contributed by atoms with E-state index in [0.29, 0.717) is 26.1 Å². The van der Waals surface area contributed by atoms with Crippen molar-refractivity contribution in [1.82, 2.24) is 4.90 Å². The maximum absolute atomic E-state index is 12.1. The van der Waals surface area contributed by atoms with Crippen LogP contribution in [0.4, 0.5) is 16.2 Å². The number of methoxy groups -OCH3 is 1. The number of carbonyl (C=O) groups is 2. The summed E-state index contributed by atoms with van der Waals surface area (Å²) in [5, 5.41) is 3.19. The highest BCUT2D eigenvalue weighted by Crippen LogP contribution is 2.20. The normalized spacial score (nSPS) is 14.8. The Hall–Kier alpha value is -2.44. The first-order valence-corrected chi connectivity index (χ1v) is 8.92. The van der Waals surface area contributed by atoms with Crippen LogP contribution in [-0.2, 0) is 14.3 Å². The third-order valence-corrected chi connectivity index (χ3v) is 4.05. The van der Waals surface area contributed by atoms with Gasteiger partial charge in [-0.25, -0.2) is 4.79 Å². The van der Waals surface area contributed by atoms with Crippen LogP contribution in [0.5, 0.6) is 0 Å². The molecule has 7 nitrogen and oxygen atoms in total. The second-order valence-electron chi connectivity index (χ2n) is 7.25. The van der Waals surface area contributed by atoms with E-state index in [2.05, 4.69) is 15.0 Å². The molecule has 0 saturated carbocycles. The molecule has 0 spiro atoms. The first-order valence-electron chi connectivity index (χ1n) is 8.92. The number of rotatable bonds is 5. The summed E-state index contributed by atoms with van der Waals surface area (Å²) in [4.78, 5) is 27.2. The standard InChI is InChI=1S/C19H29N3O4/c1-19(2,3)26-18(24)22-13-11-21(12-14-22)16-7-5-15(6-8-16)20-10-9-17(23)25-4/h5-8,20H,9-14H2,1-4H3. The minimum Gasteiger partial charge on any atom is -0.469 e. The summed E-state index contributed by atoms with van der Waals surface area (Å²) in [6.45, 7) is 9.01. The van der Waals surface area contributed by atoms with Gasteiger partial charge in [-0.2, -0.15) is 0 Å². The molecular weight excluding hydrogens is 334 g/mol. The first kappa shape index (κ1) is 19.9. The lowest BCUT2D eigenvalue weighted by atomic mass is 10.2. The van der Waals surface area contributed by atoms with Gasteiger partial charge < -0.3 is 24.6 Å². The van der Waals surface area contributed by atoms with E-state index in [1.165, 1.54) is 7.11 Å². The average molecular weight is 363 g/mol. The smallest absolute Gasteiger partial charge is 0.410 e. The van der Waals surface area contributed by atoms with Gasteiger partial charge in [-0.1, -0.05) is 0 Å². The van der Waals surface area contributed by atoms with Crippen molar-refractivity contribution in [2.75, 3.05) is 50.1 Å². The van der Waals surface area contributed by atoms with Crippen molar-refractivity contribution >= 4 is 23.4 Å². The van der Waals surface area contributed by atoms with Crippen LogP contribution in [0.15, 0.2) is 24.3 Å². The minimum atomic E-state index is -0.467. The van der Waals surface area contributed by atoms with Crippen molar-refractivity contribution in [1.29, 1.82) is 0 Å². The lowest BCUT2D eigenvalue weighted by Crippen LogP contribution is -2.50. The van der Waals surface area contributed by atoms with E-state index in [4.69, 9.17) is 4.74 Å². The van der Waals surface area contributed by atoms with Crippen LogP contribution in [0, 0.1) is 0 Å². The molecule has 0 unspecified atom stereocenters. The molecule has 0 bridgehead atoms. The van der Waals surface area contributed by atoms with E-state index < -0.39 is 5.60 Å². The van der Waals surface area contributed by atoms with Crippen LogP contribution in [0.25, 0.3) is 0 Å². The number of nitrogens with one attached hydrogen (secondary N) is 1. The lowest BCUT2D eigenvalue weighted by molar-refractivity contribution is -0.140. The second-order valence-corrected chi connectivity index (χ2v) is 7.25. The number of nitrogens with zero attached hydrogens (tertiary/aromatic N) is 2. The number of hydrogen-bond donors (Lipinski definition) is 1. The summed E-state index contributed by atoms with van der Waals surface area (Å²) < 4.78 is 10.0. The Morgan fingerprint density at radius 1 is 1.08 bits per heavy atom. The highest BCUT2D eigenvalue weighted by atomic mass is 16.6. The summed E-state index contributed by atoms with van der Waals surface area (Å²) >= 11 is 0. The van der Waals surface area contributed by atoms with Gasteiger partial charge in [-0.15, -0.1) is 0 Å². The molecule has 26 heavy (non-hydrogen) atoms. The quantitative estimate of drug-likeness (QED) is 0.811. The van der Waals surface area contributed by atoms with Crippen LogP contribution in [0.3, 0.4) is 0 Å². The molecule has 1 aromatic rings. The number of hydrogen-bond acceptors (Lipinski definition) is 6. The fourth-order valence-corrected chi connectivity index (χ4v) is 2.67. The Morgan fingerprint density at radius 2 is 1.69 bits per heavy atom. The van der Waals surface area contributed by atoms with E-state index in [0.717, 1.165) is 24.5 Å². The van der Waals surface area contributed by atoms with Crippen molar-refractivity contribution in [3.63, 3.8) is 0 Å². The van der Waals surface area contributed by atoms with Gasteiger partial charge in [0.1, 0.15) is 5.60 Å². The van der Waals surface area contributed by atoms with Gasteiger partial charge in [0.05, 0.1) is 13.5 Å². The van der Waals surface area contributed by atoms with E-state index in [9.17, 15) is 9.59 Å². The van der Waals surface area contributed by atoms with Gasteiger partial charge in [0, 0.05) is 44.1 Å². The number of benzene rings is 1. The number of ether oxygens (including phenoxy) is 2. The molecule has 0 aliphatic carbocycles.